The molecule has 0 amide bonds. The summed E-state index contributed by atoms with van der Waals surface area (Å²) in [6, 6.07) is 22.7. The van der Waals surface area contributed by atoms with Crippen molar-refractivity contribution in [3.63, 3.8) is 0 Å². The quantitative estimate of drug-likeness (QED) is 0.695. The van der Waals surface area contributed by atoms with Gasteiger partial charge in [0.2, 0.25) is 0 Å². The van der Waals surface area contributed by atoms with Gasteiger partial charge in [0.15, 0.2) is 5.82 Å². The van der Waals surface area contributed by atoms with E-state index in [-0.39, 0.29) is 0 Å². The molecule has 0 N–H and O–H groups in total. The van der Waals surface area contributed by atoms with Gasteiger partial charge in [0.05, 0.1) is 13.2 Å². The van der Waals surface area contributed by atoms with Crippen LogP contribution in [0.5, 0.6) is 0 Å². The van der Waals surface area contributed by atoms with E-state index < -0.39 is 0 Å². The van der Waals surface area contributed by atoms with Gasteiger partial charge in [-0.2, -0.15) is 0 Å². The molecule has 0 saturated carbocycles. The lowest BCUT2D eigenvalue weighted by Crippen LogP contribution is -2.37. The first kappa shape index (κ1) is 17.5. The van der Waals surface area contributed by atoms with Crippen LogP contribution in [0, 0.1) is 0 Å². The van der Waals surface area contributed by atoms with Crippen LogP contribution in [0.4, 0.5) is 11.6 Å². The van der Waals surface area contributed by atoms with Gasteiger partial charge in [0, 0.05) is 38.3 Å². The highest BCUT2D eigenvalue weighted by molar-refractivity contribution is 5.62. The highest BCUT2D eigenvalue weighted by atomic mass is 16.5. The summed E-state index contributed by atoms with van der Waals surface area (Å²) in [6.45, 7) is 3.98. The fourth-order valence-electron chi connectivity index (χ4n) is 3.23. The average Bonchev–Trinajstić information content (AvgIpc) is 2.75. The summed E-state index contributed by atoms with van der Waals surface area (Å²) in [6.07, 6.45) is 0. The normalized spacial score (nSPS) is 14.2. The number of anilines is 2. The summed E-state index contributed by atoms with van der Waals surface area (Å²) in [5, 5.41) is 0. The van der Waals surface area contributed by atoms with E-state index in [1.165, 1.54) is 5.56 Å². The minimum atomic E-state index is 0.736. The van der Waals surface area contributed by atoms with Crippen molar-refractivity contribution in [3.05, 3.63) is 72.3 Å². The maximum atomic E-state index is 5.50. The van der Waals surface area contributed by atoms with Crippen molar-refractivity contribution in [2.45, 2.75) is 6.54 Å². The summed E-state index contributed by atoms with van der Waals surface area (Å²) in [7, 11) is 2.08. The van der Waals surface area contributed by atoms with Gasteiger partial charge in [-0.15, -0.1) is 0 Å². The molecule has 5 nitrogen and oxygen atoms in total. The fraction of sp³-hybridized carbons (Fsp3) is 0.273. The molecule has 5 heteroatoms. The third kappa shape index (κ3) is 4.26. The summed E-state index contributed by atoms with van der Waals surface area (Å²) in [5.74, 6) is 2.64. The van der Waals surface area contributed by atoms with E-state index in [4.69, 9.17) is 14.7 Å². The molecule has 1 aliphatic heterocycles. The predicted octanol–water partition coefficient (Wildman–Crippen LogP) is 3.62. The Labute approximate surface area is 160 Å². The van der Waals surface area contributed by atoms with Gasteiger partial charge in [-0.25, -0.2) is 9.97 Å². The van der Waals surface area contributed by atoms with Gasteiger partial charge in [-0.1, -0.05) is 60.7 Å². The second-order valence-electron chi connectivity index (χ2n) is 6.72. The first-order valence-electron chi connectivity index (χ1n) is 9.32. The van der Waals surface area contributed by atoms with Crippen LogP contribution in [0.2, 0.25) is 0 Å². The van der Waals surface area contributed by atoms with Crippen LogP contribution < -0.4 is 9.80 Å². The molecule has 2 aromatic carbocycles. The first-order valence-corrected chi connectivity index (χ1v) is 9.32. The smallest absolute Gasteiger partial charge is 0.163 e. The molecule has 0 bridgehead atoms. The largest absolute Gasteiger partial charge is 0.378 e. The van der Waals surface area contributed by atoms with E-state index in [0.717, 1.165) is 55.9 Å². The number of rotatable bonds is 5. The Balaban J connectivity index is 1.68. The van der Waals surface area contributed by atoms with E-state index in [1.54, 1.807) is 0 Å². The first-order chi connectivity index (χ1) is 13.3. The van der Waals surface area contributed by atoms with Crippen LogP contribution in [0.3, 0.4) is 0 Å². The number of nitrogens with zero attached hydrogens (tertiary/aromatic N) is 4. The number of aromatic nitrogens is 2. The van der Waals surface area contributed by atoms with Gasteiger partial charge in [0.25, 0.3) is 0 Å². The predicted molar refractivity (Wildman–Crippen MR) is 109 cm³/mol. The zero-order valence-electron chi connectivity index (χ0n) is 15.6. The van der Waals surface area contributed by atoms with Crippen LogP contribution in [-0.4, -0.2) is 43.3 Å². The van der Waals surface area contributed by atoms with Gasteiger partial charge >= 0.3 is 0 Å². The summed E-state index contributed by atoms with van der Waals surface area (Å²) >= 11 is 0. The molecule has 1 saturated heterocycles. The summed E-state index contributed by atoms with van der Waals surface area (Å²) < 4.78 is 5.50. The minimum Gasteiger partial charge on any atom is -0.378 e. The second kappa shape index (κ2) is 8.18. The highest BCUT2D eigenvalue weighted by Gasteiger charge is 2.17. The standard InChI is InChI=1S/C22H24N4O/c1-25(17-18-8-4-2-5-9-18)20-16-21(26-12-14-27-15-13-26)24-22(23-20)19-10-6-3-7-11-19/h2-11,16H,12-15,17H2,1H3. The van der Waals surface area contributed by atoms with Crippen molar-refractivity contribution in [1.29, 1.82) is 0 Å². The minimum absolute atomic E-state index is 0.736. The van der Waals surface area contributed by atoms with Crippen molar-refractivity contribution < 1.29 is 4.74 Å². The Morgan fingerprint density at radius 3 is 2.30 bits per heavy atom. The van der Waals surface area contributed by atoms with Gasteiger partial charge in [-0.3, -0.25) is 0 Å². The van der Waals surface area contributed by atoms with Crippen LogP contribution in [0.25, 0.3) is 11.4 Å². The second-order valence-corrected chi connectivity index (χ2v) is 6.72. The molecule has 1 aliphatic rings. The lowest BCUT2D eigenvalue weighted by Gasteiger charge is -2.29. The lowest BCUT2D eigenvalue weighted by atomic mass is 10.2. The molecular formula is C22H24N4O. The molecule has 2 heterocycles. The zero-order chi connectivity index (χ0) is 18.5. The molecule has 138 valence electrons. The van der Waals surface area contributed by atoms with Crippen molar-refractivity contribution in [2.75, 3.05) is 43.2 Å². The number of hydrogen-bond acceptors (Lipinski definition) is 5. The molecule has 3 aromatic rings. The van der Waals surface area contributed by atoms with Crippen molar-refractivity contribution >= 4 is 11.6 Å². The average molecular weight is 360 g/mol. The maximum absolute atomic E-state index is 5.50. The Bertz CT molecular complexity index is 864. The van der Waals surface area contributed by atoms with E-state index in [0.29, 0.717) is 0 Å². The molecule has 0 unspecified atom stereocenters. The van der Waals surface area contributed by atoms with Crippen molar-refractivity contribution in [2.24, 2.45) is 0 Å². The van der Waals surface area contributed by atoms with Gasteiger partial charge in [-0.05, 0) is 5.56 Å². The zero-order valence-corrected chi connectivity index (χ0v) is 15.6. The van der Waals surface area contributed by atoms with E-state index in [9.17, 15) is 0 Å². The van der Waals surface area contributed by atoms with Crippen LogP contribution >= 0.6 is 0 Å². The molecule has 27 heavy (non-hydrogen) atoms. The Morgan fingerprint density at radius 1 is 0.926 bits per heavy atom. The third-order valence-electron chi connectivity index (χ3n) is 4.72. The van der Waals surface area contributed by atoms with E-state index in [2.05, 4.69) is 59.3 Å². The summed E-state index contributed by atoms with van der Waals surface area (Å²) in [4.78, 5) is 14.2. The highest BCUT2D eigenvalue weighted by Crippen LogP contribution is 2.25. The van der Waals surface area contributed by atoms with Crippen LogP contribution in [0.1, 0.15) is 5.56 Å². The van der Waals surface area contributed by atoms with E-state index >= 15 is 0 Å². The Kier molecular flexibility index (Phi) is 5.30. The molecule has 1 aromatic heterocycles. The molecule has 4 rings (SSSR count). The van der Waals surface area contributed by atoms with Crippen molar-refractivity contribution in [1.82, 2.24) is 9.97 Å². The molecule has 0 aliphatic carbocycles. The molecular weight excluding hydrogens is 336 g/mol. The molecule has 0 spiro atoms. The fourth-order valence-corrected chi connectivity index (χ4v) is 3.23. The monoisotopic (exact) mass is 360 g/mol. The number of morpholine rings is 1. The third-order valence-corrected chi connectivity index (χ3v) is 4.72. The summed E-state index contributed by atoms with van der Waals surface area (Å²) in [5.41, 5.74) is 2.29. The molecule has 0 radical (unpaired) electrons. The van der Waals surface area contributed by atoms with Crippen LogP contribution in [0.15, 0.2) is 66.7 Å². The maximum Gasteiger partial charge on any atom is 0.163 e. The molecule has 1 fully saturated rings. The Morgan fingerprint density at radius 2 is 1.59 bits per heavy atom. The van der Waals surface area contributed by atoms with Gasteiger partial charge in [0.1, 0.15) is 11.6 Å². The number of hydrogen-bond donors (Lipinski definition) is 0. The number of ether oxygens (including phenoxy) is 1. The molecule has 0 atom stereocenters. The topological polar surface area (TPSA) is 41.5 Å². The van der Waals surface area contributed by atoms with Crippen LogP contribution in [-0.2, 0) is 11.3 Å². The Hall–Kier alpha value is -2.92. The van der Waals surface area contributed by atoms with Crippen molar-refractivity contribution in [3.8, 4) is 11.4 Å². The SMILES string of the molecule is CN(Cc1ccccc1)c1cc(N2CCOCC2)nc(-c2ccccc2)n1. The lowest BCUT2D eigenvalue weighted by molar-refractivity contribution is 0.122. The number of benzene rings is 2. The van der Waals surface area contributed by atoms with E-state index in [1.807, 2.05) is 24.3 Å². The van der Waals surface area contributed by atoms with Gasteiger partial charge < -0.3 is 14.5 Å².